The number of hydrogen-bond donors (Lipinski definition) is 0. The van der Waals surface area contributed by atoms with Gasteiger partial charge in [-0.3, -0.25) is 0 Å². The van der Waals surface area contributed by atoms with Crippen LogP contribution >= 0.6 is 11.8 Å². The minimum atomic E-state index is 0.257. The summed E-state index contributed by atoms with van der Waals surface area (Å²) in [6.45, 7) is 4.60. The highest BCUT2D eigenvalue weighted by Crippen LogP contribution is 2.45. The van der Waals surface area contributed by atoms with E-state index >= 15 is 0 Å². The fourth-order valence-corrected chi connectivity index (χ4v) is 3.54. The van der Waals surface area contributed by atoms with E-state index in [1.54, 1.807) is 7.11 Å². The third kappa shape index (κ3) is 1.52. The Labute approximate surface area is 89.9 Å². The van der Waals surface area contributed by atoms with E-state index in [4.69, 9.17) is 4.74 Å². The lowest BCUT2D eigenvalue weighted by Gasteiger charge is -2.33. The molecule has 1 heterocycles. The molecule has 0 amide bonds. The molecule has 1 nitrogen and oxygen atoms in total. The van der Waals surface area contributed by atoms with Crippen molar-refractivity contribution in [1.29, 1.82) is 0 Å². The van der Waals surface area contributed by atoms with Gasteiger partial charge < -0.3 is 4.74 Å². The first kappa shape index (κ1) is 9.91. The van der Waals surface area contributed by atoms with Crippen LogP contribution in [0.15, 0.2) is 23.1 Å². The maximum absolute atomic E-state index is 5.43. The van der Waals surface area contributed by atoms with E-state index in [9.17, 15) is 0 Å². The molecule has 0 spiro atoms. The lowest BCUT2D eigenvalue weighted by molar-refractivity contribution is 0.384. The summed E-state index contributed by atoms with van der Waals surface area (Å²) in [5.41, 5.74) is 1.64. The van der Waals surface area contributed by atoms with Crippen molar-refractivity contribution in [3.05, 3.63) is 23.8 Å². The molecule has 0 bridgehead atoms. The van der Waals surface area contributed by atoms with E-state index in [0.717, 1.165) is 5.75 Å². The van der Waals surface area contributed by atoms with Crippen LogP contribution in [0, 0.1) is 0 Å². The Morgan fingerprint density at radius 2 is 2.14 bits per heavy atom. The fraction of sp³-hybridized carbons (Fsp3) is 0.500. The summed E-state index contributed by atoms with van der Waals surface area (Å²) in [6, 6.07) is 6.34. The smallest absolute Gasteiger partial charge is 0.123 e. The van der Waals surface area contributed by atoms with Gasteiger partial charge in [0, 0.05) is 10.5 Å². The zero-order valence-electron chi connectivity index (χ0n) is 8.96. The van der Waals surface area contributed by atoms with Crippen LogP contribution in [0.2, 0.25) is 0 Å². The molecule has 0 saturated carbocycles. The highest BCUT2D eigenvalue weighted by atomic mass is 32.2. The Morgan fingerprint density at radius 1 is 1.36 bits per heavy atom. The molecule has 0 fully saturated rings. The van der Waals surface area contributed by atoms with Gasteiger partial charge in [0.15, 0.2) is 0 Å². The molecule has 0 unspecified atom stereocenters. The molecule has 2 rings (SSSR count). The van der Waals surface area contributed by atoms with E-state index in [-0.39, 0.29) is 5.41 Å². The molecule has 1 aliphatic rings. The molecule has 76 valence electrons. The highest BCUT2D eigenvalue weighted by molar-refractivity contribution is 7.99. The number of methoxy groups -OCH3 is 1. The summed E-state index contributed by atoms with van der Waals surface area (Å²) in [5, 5.41) is 0. The molecule has 1 aliphatic heterocycles. The third-order valence-electron chi connectivity index (χ3n) is 2.87. The van der Waals surface area contributed by atoms with Crippen molar-refractivity contribution < 1.29 is 4.74 Å². The molecular weight excluding hydrogens is 192 g/mol. The number of hydrogen-bond acceptors (Lipinski definition) is 2. The standard InChI is InChI=1S/C12H16OS/c1-12(2)7-8-14-10-6-4-5-9(13-3)11(10)12/h4-6H,7-8H2,1-3H3. The van der Waals surface area contributed by atoms with Gasteiger partial charge in [0.2, 0.25) is 0 Å². The van der Waals surface area contributed by atoms with E-state index in [2.05, 4.69) is 32.0 Å². The summed E-state index contributed by atoms with van der Waals surface area (Å²) in [4.78, 5) is 1.39. The normalized spacial score (nSPS) is 18.8. The molecule has 0 atom stereocenters. The Hall–Kier alpha value is -0.630. The van der Waals surface area contributed by atoms with Gasteiger partial charge in [-0.05, 0) is 29.7 Å². The molecule has 2 heteroatoms. The first-order valence-corrected chi connectivity index (χ1v) is 5.94. The Kier molecular flexibility index (Phi) is 2.48. The molecule has 0 aromatic heterocycles. The monoisotopic (exact) mass is 208 g/mol. The van der Waals surface area contributed by atoms with Gasteiger partial charge in [0.05, 0.1) is 7.11 Å². The highest BCUT2D eigenvalue weighted by Gasteiger charge is 2.30. The second kappa shape index (κ2) is 3.50. The summed E-state index contributed by atoms with van der Waals surface area (Å²) < 4.78 is 5.43. The molecule has 0 saturated heterocycles. The Morgan fingerprint density at radius 3 is 2.86 bits per heavy atom. The molecular formula is C12H16OS. The van der Waals surface area contributed by atoms with Crippen molar-refractivity contribution in [2.45, 2.75) is 30.6 Å². The summed E-state index contributed by atoms with van der Waals surface area (Å²) in [5.74, 6) is 2.26. The summed E-state index contributed by atoms with van der Waals surface area (Å²) in [7, 11) is 1.75. The fourth-order valence-electron chi connectivity index (χ4n) is 2.01. The molecule has 14 heavy (non-hydrogen) atoms. The largest absolute Gasteiger partial charge is 0.496 e. The second-order valence-electron chi connectivity index (χ2n) is 4.32. The van der Waals surface area contributed by atoms with Crippen molar-refractivity contribution >= 4 is 11.8 Å². The summed E-state index contributed by atoms with van der Waals surface area (Å²) >= 11 is 1.94. The van der Waals surface area contributed by atoms with Gasteiger partial charge in [-0.15, -0.1) is 11.8 Å². The quantitative estimate of drug-likeness (QED) is 0.699. The minimum absolute atomic E-state index is 0.257. The van der Waals surface area contributed by atoms with Gasteiger partial charge >= 0.3 is 0 Å². The van der Waals surface area contributed by atoms with Crippen LogP contribution < -0.4 is 4.74 Å². The average molecular weight is 208 g/mol. The van der Waals surface area contributed by atoms with E-state index in [1.165, 1.54) is 22.6 Å². The number of fused-ring (bicyclic) bond motifs is 1. The van der Waals surface area contributed by atoms with Crippen molar-refractivity contribution in [2.75, 3.05) is 12.9 Å². The molecule has 0 radical (unpaired) electrons. The van der Waals surface area contributed by atoms with Gasteiger partial charge in [-0.1, -0.05) is 19.9 Å². The SMILES string of the molecule is COc1cccc2c1C(C)(C)CCS2. The first-order chi connectivity index (χ1) is 6.65. The maximum Gasteiger partial charge on any atom is 0.123 e. The van der Waals surface area contributed by atoms with Crippen LogP contribution in [-0.2, 0) is 5.41 Å². The number of rotatable bonds is 1. The van der Waals surface area contributed by atoms with Crippen molar-refractivity contribution in [3.63, 3.8) is 0 Å². The molecule has 0 N–H and O–H groups in total. The van der Waals surface area contributed by atoms with Crippen LogP contribution in [0.25, 0.3) is 0 Å². The molecule has 1 aromatic rings. The summed E-state index contributed by atoms with van der Waals surface area (Å²) in [6.07, 6.45) is 1.23. The van der Waals surface area contributed by atoms with Crippen molar-refractivity contribution in [3.8, 4) is 5.75 Å². The van der Waals surface area contributed by atoms with Gasteiger partial charge in [0.1, 0.15) is 5.75 Å². The van der Waals surface area contributed by atoms with E-state index < -0.39 is 0 Å². The van der Waals surface area contributed by atoms with Gasteiger partial charge in [-0.2, -0.15) is 0 Å². The minimum Gasteiger partial charge on any atom is -0.496 e. The number of benzene rings is 1. The lowest BCUT2D eigenvalue weighted by Crippen LogP contribution is -2.23. The topological polar surface area (TPSA) is 9.23 Å². The first-order valence-electron chi connectivity index (χ1n) is 4.95. The van der Waals surface area contributed by atoms with E-state index in [0.29, 0.717) is 0 Å². The predicted octanol–water partition coefficient (Wildman–Crippen LogP) is 3.47. The third-order valence-corrected chi connectivity index (χ3v) is 3.93. The van der Waals surface area contributed by atoms with Crippen LogP contribution in [0.1, 0.15) is 25.8 Å². The van der Waals surface area contributed by atoms with Crippen molar-refractivity contribution in [2.24, 2.45) is 0 Å². The molecule has 1 aromatic carbocycles. The van der Waals surface area contributed by atoms with Crippen molar-refractivity contribution in [1.82, 2.24) is 0 Å². The Balaban J connectivity index is 2.58. The molecule has 0 aliphatic carbocycles. The van der Waals surface area contributed by atoms with Crippen LogP contribution in [0.3, 0.4) is 0 Å². The van der Waals surface area contributed by atoms with Gasteiger partial charge in [0.25, 0.3) is 0 Å². The zero-order chi connectivity index (χ0) is 10.2. The van der Waals surface area contributed by atoms with E-state index in [1.807, 2.05) is 11.8 Å². The lowest BCUT2D eigenvalue weighted by atomic mass is 9.81. The zero-order valence-corrected chi connectivity index (χ0v) is 9.78. The maximum atomic E-state index is 5.43. The average Bonchev–Trinajstić information content (AvgIpc) is 2.16. The predicted molar refractivity (Wildman–Crippen MR) is 61.4 cm³/mol. The number of ether oxygens (including phenoxy) is 1. The Bertz CT molecular complexity index is 330. The van der Waals surface area contributed by atoms with Gasteiger partial charge in [-0.25, -0.2) is 0 Å². The van der Waals surface area contributed by atoms with Crippen LogP contribution in [0.4, 0.5) is 0 Å². The van der Waals surface area contributed by atoms with Crippen LogP contribution in [-0.4, -0.2) is 12.9 Å². The number of thioether (sulfide) groups is 1. The second-order valence-corrected chi connectivity index (χ2v) is 5.45. The van der Waals surface area contributed by atoms with Crippen LogP contribution in [0.5, 0.6) is 5.75 Å².